The number of aromatic nitrogens is 2. The van der Waals surface area contributed by atoms with Crippen LogP contribution in [0, 0.1) is 11.7 Å². The van der Waals surface area contributed by atoms with E-state index in [4.69, 9.17) is 4.74 Å². The van der Waals surface area contributed by atoms with E-state index in [2.05, 4.69) is 15.3 Å². The number of amides is 1. The quantitative estimate of drug-likeness (QED) is 0.910. The summed E-state index contributed by atoms with van der Waals surface area (Å²) in [5.41, 5.74) is 1.41. The van der Waals surface area contributed by atoms with Crippen molar-refractivity contribution in [2.24, 2.45) is 5.92 Å². The lowest BCUT2D eigenvalue weighted by atomic mass is 9.94. The zero-order valence-corrected chi connectivity index (χ0v) is 12.6. The molecule has 2 atom stereocenters. The topological polar surface area (TPSA) is 67.0 Å². The van der Waals surface area contributed by atoms with Crippen LogP contribution in [0.5, 0.6) is 0 Å². The third kappa shape index (κ3) is 3.27. The zero-order valence-electron chi connectivity index (χ0n) is 12.6. The van der Waals surface area contributed by atoms with Gasteiger partial charge in [-0.05, 0) is 38.0 Å². The molecule has 1 saturated heterocycles. The van der Waals surface area contributed by atoms with Gasteiger partial charge in [-0.1, -0.05) is 0 Å². The Kier molecular flexibility index (Phi) is 4.38. The van der Waals surface area contributed by atoms with Crippen molar-refractivity contribution in [2.75, 3.05) is 13.2 Å². The largest absolute Gasteiger partial charge is 0.378 e. The van der Waals surface area contributed by atoms with Gasteiger partial charge in [0.2, 0.25) is 5.91 Å². The van der Waals surface area contributed by atoms with Crippen molar-refractivity contribution < 1.29 is 13.9 Å². The molecule has 22 heavy (non-hydrogen) atoms. The molecule has 0 radical (unpaired) electrons. The Bertz CT molecular complexity index is 670. The molecule has 1 fully saturated rings. The molecule has 3 rings (SSSR count). The molecular weight excluding hydrogens is 285 g/mol. The van der Waals surface area contributed by atoms with Crippen molar-refractivity contribution >= 4 is 16.9 Å². The summed E-state index contributed by atoms with van der Waals surface area (Å²) in [5, 5.41) is 2.93. The number of ether oxygens (including phenoxy) is 1. The van der Waals surface area contributed by atoms with Gasteiger partial charge in [-0.2, -0.15) is 0 Å². The summed E-state index contributed by atoms with van der Waals surface area (Å²) in [6, 6.07) is 4.45. The van der Waals surface area contributed by atoms with Crippen molar-refractivity contribution in [1.82, 2.24) is 15.3 Å². The van der Waals surface area contributed by atoms with E-state index in [0.29, 0.717) is 18.5 Å². The minimum atomic E-state index is -0.290. The summed E-state index contributed by atoms with van der Waals surface area (Å²) in [4.78, 5) is 19.6. The molecular formula is C16H20FN3O2. The van der Waals surface area contributed by atoms with E-state index >= 15 is 0 Å². The highest BCUT2D eigenvalue weighted by Gasteiger charge is 2.28. The number of rotatable bonds is 4. The summed E-state index contributed by atoms with van der Waals surface area (Å²) < 4.78 is 18.6. The first-order valence-electron chi connectivity index (χ1n) is 7.67. The molecule has 0 bridgehead atoms. The van der Waals surface area contributed by atoms with Gasteiger partial charge in [0, 0.05) is 19.6 Å². The average Bonchev–Trinajstić information content (AvgIpc) is 2.89. The van der Waals surface area contributed by atoms with Crippen LogP contribution in [0.4, 0.5) is 4.39 Å². The van der Waals surface area contributed by atoms with Crippen LogP contribution in [0.1, 0.15) is 25.6 Å². The fourth-order valence-electron chi connectivity index (χ4n) is 2.86. The molecule has 0 unspecified atom stereocenters. The van der Waals surface area contributed by atoms with E-state index in [0.717, 1.165) is 30.8 Å². The Morgan fingerprint density at radius 2 is 2.41 bits per heavy atom. The summed E-state index contributed by atoms with van der Waals surface area (Å²) in [6.07, 6.45) is 2.36. The van der Waals surface area contributed by atoms with Gasteiger partial charge in [-0.3, -0.25) is 4.79 Å². The highest BCUT2D eigenvalue weighted by atomic mass is 19.1. The van der Waals surface area contributed by atoms with E-state index in [9.17, 15) is 9.18 Å². The number of carbonyl (C=O) groups excluding carboxylic acids is 1. The van der Waals surface area contributed by atoms with Gasteiger partial charge < -0.3 is 15.0 Å². The van der Waals surface area contributed by atoms with Gasteiger partial charge in [0.1, 0.15) is 11.6 Å². The fourth-order valence-corrected chi connectivity index (χ4v) is 2.86. The molecule has 0 aliphatic carbocycles. The molecule has 118 valence electrons. The van der Waals surface area contributed by atoms with Gasteiger partial charge in [-0.25, -0.2) is 9.37 Å². The van der Waals surface area contributed by atoms with Crippen LogP contribution in [-0.2, 0) is 16.0 Å². The molecule has 6 heteroatoms. The van der Waals surface area contributed by atoms with Gasteiger partial charge in [-0.15, -0.1) is 0 Å². The Morgan fingerprint density at radius 1 is 1.55 bits per heavy atom. The Morgan fingerprint density at radius 3 is 3.23 bits per heavy atom. The van der Waals surface area contributed by atoms with Crippen molar-refractivity contribution in [3.05, 3.63) is 29.8 Å². The van der Waals surface area contributed by atoms with Gasteiger partial charge in [0.05, 0.1) is 23.1 Å². The van der Waals surface area contributed by atoms with Gasteiger partial charge in [0.25, 0.3) is 0 Å². The molecule has 1 aromatic carbocycles. The van der Waals surface area contributed by atoms with E-state index < -0.39 is 0 Å². The SMILES string of the molecule is C[C@H]1OCCC[C@H]1C(=O)NCCc1nc2ccc(F)cc2[nH]1. The van der Waals surface area contributed by atoms with E-state index in [1.807, 2.05) is 6.92 Å². The number of benzene rings is 1. The van der Waals surface area contributed by atoms with E-state index in [1.165, 1.54) is 12.1 Å². The number of nitrogens with zero attached hydrogens (tertiary/aromatic N) is 1. The van der Waals surface area contributed by atoms with Gasteiger partial charge in [0.15, 0.2) is 0 Å². The van der Waals surface area contributed by atoms with E-state index in [1.54, 1.807) is 6.07 Å². The number of halogens is 1. The Hall–Kier alpha value is -1.95. The standard InChI is InChI=1S/C16H20FN3O2/c1-10-12(3-2-8-22-10)16(21)18-7-6-15-19-13-5-4-11(17)9-14(13)20-15/h4-5,9-10,12H,2-3,6-8H2,1H3,(H,18,21)(H,19,20)/t10-,12-/m1/s1. The summed E-state index contributed by atoms with van der Waals surface area (Å²) >= 11 is 0. The fraction of sp³-hybridized carbons (Fsp3) is 0.500. The summed E-state index contributed by atoms with van der Waals surface area (Å²) in [5.74, 6) is 0.420. The lowest BCUT2D eigenvalue weighted by Crippen LogP contribution is -2.40. The van der Waals surface area contributed by atoms with Crippen LogP contribution in [-0.4, -0.2) is 35.1 Å². The number of imidazole rings is 1. The lowest BCUT2D eigenvalue weighted by molar-refractivity contribution is -0.133. The predicted molar refractivity (Wildman–Crippen MR) is 80.9 cm³/mol. The van der Waals surface area contributed by atoms with Crippen LogP contribution >= 0.6 is 0 Å². The molecule has 1 aliphatic rings. The average molecular weight is 305 g/mol. The van der Waals surface area contributed by atoms with Crippen LogP contribution in [0.3, 0.4) is 0 Å². The second-order valence-corrected chi connectivity index (χ2v) is 5.71. The predicted octanol–water partition coefficient (Wildman–Crippen LogP) is 2.18. The zero-order chi connectivity index (χ0) is 15.5. The smallest absolute Gasteiger partial charge is 0.225 e. The molecule has 1 aliphatic heterocycles. The molecule has 0 spiro atoms. The molecule has 1 aromatic heterocycles. The molecule has 5 nitrogen and oxygen atoms in total. The van der Waals surface area contributed by atoms with Crippen LogP contribution in [0.15, 0.2) is 18.2 Å². The van der Waals surface area contributed by atoms with Gasteiger partial charge >= 0.3 is 0 Å². The lowest BCUT2D eigenvalue weighted by Gasteiger charge is -2.27. The second kappa shape index (κ2) is 6.44. The Labute approximate surface area is 128 Å². The summed E-state index contributed by atoms with van der Waals surface area (Å²) in [7, 11) is 0. The van der Waals surface area contributed by atoms with Crippen molar-refractivity contribution in [2.45, 2.75) is 32.3 Å². The monoisotopic (exact) mass is 305 g/mol. The maximum absolute atomic E-state index is 13.1. The number of nitrogens with one attached hydrogen (secondary N) is 2. The molecule has 2 N–H and O–H groups in total. The maximum Gasteiger partial charge on any atom is 0.225 e. The second-order valence-electron chi connectivity index (χ2n) is 5.71. The van der Waals surface area contributed by atoms with Crippen molar-refractivity contribution in [1.29, 1.82) is 0 Å². The van der Waals surface area contributed by atoms with Crippen molar-refractivity contribution in [3.8, 4) is 0 Å². The number of aromatic amines is 1. The first-order chi connectivity index (χ1) is 10.6. The Balaban J connectivity index is 1.54. The molecule has 1 amide bonds. The maximum atomic E-state index is 13.1. The van der Waals surface area contributed by atoms with Crippen molar-refractivity contribution in [3.63, 3.8) is 0 Å². The highest BCUT2D eigenvalue weighted by Crippen LogP contribution is 2.20. The summed E-state index contributed by atoms with van der Waals surface area (Å²) in [6.45, 7) is 3.18. The normalized spacial score (nSPS) is 21.9. The number of fused-ring (bicyclic) bond motifs is 1. The van der Waals surface area contributed by atoms with Crippen LogP contribution < -0.4 is 5.32 Å². The number of carbonyl (C=O) groups is 1. The first-order valence-corrected chi connectivity index (χ1v) is 7.67. The minimum Gasteiger partial charge on any atom is -0.378 e. The first kappa shape index (κ1) is 15.0. The number of hydrogen-bond donors (Lipinski definition) is 2. The minimum absolute atomic E-state index is 0.0251. The third-order valence-electron chi connectivity index (χ3n) is 4.10. The highest BCUT2D eigenvalue weighted by molar-refractivity contribution is 5.79. The number of hydrogen-bond acceptors (Lipinski definition) is 3. The third-order valence-corrected chi connectivity index (χ3v) is 4.10. The van der Waals surface area contributed by atoms with Crippen LogP contribution in [0.25, 0.3) is 11.0 Å². The van der Waals surface area contributed by atoms with Crippen LogP contribution in [0.2, 0.25) is 0 Å². The molecule has 2 aromatic rings. The molecule has 2 heterocycles. The molecule has 0 saturated carbocycles. The van der Waals surface area contributed by atoms with E-state index in [-0.39, 0.29) is 23.7 Å². The number of H-pyrrole nitrogens is 1.